The third-order valence-corrected chi connectivity index (χ3v) is 4.89. The zero-order chi connectivity index (χ0) is 15.2. The summed E-state index contributed by atoms with van der Waals surface area (Å²) in [5.74, 6) is 2.28. The van der Waals surface area contributed by atoms with Gasteiger partial charge in [-0.3, -0.25) is 4.79 Å². The molecule has 0 saturated heterocycles. The summed E-state index contributed by atoms with van der Waals surface area (Å²) in [5.41, 5.74) is 1.41. The lowest BCUT2D eigenvalue weighted by molar-refractivity contribution is -0.121. The average molecular weight is 284 g/mol. The number of hydrogen-bond acceptors (Lipinski definition) is 1. The quantitative estimate of drug-likeness (QED) is 0.667. The van der Waals surface area contributed by atoms with E-state index in [0.717, 1.165) is 19.3 Å². The van der Waals surface area contributed by atoms with E-state index < -0.39 is 0 Å². The molecule has 0 aliphatic heterocycles. The predicted molar refractivity (Wildman–Crippen MR) is 89.1 cm³/mol. The number of rotatable bonds is 6. The molecule has 1 aromatic carbocycles. The van der Waals surface area contributed by atoms with E-state index in [9.17, 15) is 4.79 Å². The van der Waals surface area contributed by atoms with Crippen molar-refractivity contribution in [3.63, 3.8) is 0 Å². The van der Waals surface area contributed by atoms with Crippen LogP contribution in [-0.2, 0) is 11.2 Å². The first kappa shape index (κ1) is 16.0. The van der Waals surface area contributed by atoms with E-state index in [-0.39, 0.29) is 5.92 Å². The zero-order valence-electron chi connectivity index (χ0n) is 13.6. The highest BCUT2D eigenvalue weighted by Gasteiger charge is 2.36. The second kappa shape index (κ2) is 7.59. The van der Waals surface area contributed by atoms with Crippen molar-refractivity contribution in [2.75, 3.05) is 0 Å². The highest BCUT2D eigenvalue weighted by atomic mass is 16.1. The highest BCUT2D eigenvalue weighted by molar-refractivity contribution is 5.84. The molecule has 0 unspecified atom stereocenters. The SMILES string of the molecule is CC[C@H]1C(=O)C[C@@H](C)[C@@H]1C=C[C@@H](C)CCc1ccccc1. The first-order valence-electron chi connectivity index (χ1n) is 8.36. The van der Waals surface area contributed by atoms with Gasteiger partial charge in [-0.1, -0.05) is 63.3 Å². The Labute approximate surface area is 129 Å². The molecule has 1 aromatic rings. The average Bonchev–Trinajstić information content (AvgIpc) is 2.77. The first-order valence-corrected chi connectivity index (χ1v) is 8.36. The number of aryl methyl sites for hydroxylation is 1. The number of allylic oxidation sites excluding steroid dienone is 2. The summed E-state index contributed by atoms with van der Waals surface area (Å²) in [5, 5.41) is 0. The fraction of sp³-hybridized carbons (Fsp3) is 0.550. The molecular formula is C20H28O. The van der Waals surface area contributed by atoms with E-state index in [0.29, 0.717) is 23.5 Å². The summed E-state index contributed by atoms with van der Waals surface area (Å²) in [4.78, 5) is 11.9. The van der Waals surface area contributed by atoms with Crippen LogP contribution in [0.2, 0.25) is 0 Å². The van der Waals surface area contributed by atoms with Crippen LogP contribution in [0.15, 0.2) is 42.5 Å². The predicted octanol–water partition coefficient (Wildman–Crippen LogP) is 5.06. The van der Waals surface area contributed by atoms with Gasteiger partial charge in [-0.25, -0.2) is 0 Å². The standard InChI is InChI=1S/C20H28O/c1-4-18-19(16(3)14-20(18)21)13-11-15(2)10-12-17-8-6-5-7-9-17/h5-9,11,13,15-16,18-19H,4,10,12,14H2,1-3H3/t15-,16+,18+,19-/m0/s1. The molecule has 0 bridgehead atoms. The molecule has 1 nitrogen and oxygen atoms in total. The van der Waals surface area contributed by atoms with Crippen LogP contribution < -0.4 is 0 Å². The number of carbonyl (C=O) groups excluding carboxylic acids is 1. The Balaban J connectivity index is 1.86. The molecule has 114 valence electrons. The molecule has 1 fully saturated rings. The zero-order valence-corrected chi connectivity index (χ0v) is 13.6. The Morgan fingerprint density at radius 3 is 2.67 bits per heavy atom. The number of benzene rings is 1. The van der Waals surface area contributed by atoms with Crippen molar-refractivity contribution >= 4 is 5.78 Å². The Morgan fingerprint density at radius 2 is 2.00 bits per heavy atom. The van der Waals surface area contributed by atoms with Crippen LogP contribution >= 0.6 is 0 Å². The lowest BCUT2D eigenvalue weighted by atomic mass is 9.87. The molecule has 0 radical (unpaired) electrons. The Morgan fingerprint density at radius 1 is 1.29 bits per heavy atom. The monoisotopic (exact) mass is 284 g/mol. The van der Waals surface area contributed by atoms with Gasteiger partial charge in [0.25, 0.3) is 0 Å². The van der Waals surface area contributed by atoms with Gasteiger partial charge in [-0.15, -0.1) is 0 Å². The fourth-order valence-corrected chi connectivity index (χ4v) is 3.49. The summed E-state index contributed by atoms with van der Waals surface area (Å²) in [6, 6.07) is 10.7. The smallest absolute Gasteiger partial charge is 0.136 e. The summed E-state index contributed by atoms with van der Waals surface area (Å²) in [7, 11) is 0. The van der Waals surface area contributed by atoms with Crippen LogP contribution in [0.5, 0.6) is 0 Å². The lowest BCUT2D eigenvalue weighted by Crippen LogP contribution is -2.14. The number of ketones is 1. The van der Waals surface area contributed by atoms with Gasteiger partial charge >= 0.3 is 0 Å². The Bertz CT molecular complexity index is 474. The molecule has 0 heterocycles. The molecule has 0 spiro atoms. The maximum Gasteiger partial charge on any atom is 0.136 e. The minimum atomic E-state index is 0.262. The summed E-state index contributed by atoms with van der Waals surface area (Å²) in [6.07, 6.45) is 8.72. The maximum atomic E-state index is 11.9. The Kier molecular flexibility index (Phi) is 5.78. The van der Waals surface area contributed by atoms with Gasteiger partial charge in [-0.05, 0) is 42.6 Å². The molecule has 0 aromatic heterocycles. The van der Waals surface area contributed by atoms with E-state index in [1.165, 1.54) is 12.0 Å². The van der Waals surface area contributed by atoms with Gasteiger partial charge in [0.1, 0.15) is 5.78 Å². The van der Waals surface area contributed by atoms with Crippen molar-refractivity contribution in [1.29, 1.82) is 0 Å². The highest BCUT2D eigenvalue weighted by Crippen LogP contribution is 2.37. The number of Topliss-reactive ketones (excluding diaryl/α,β-unsaturated/α-hetero) is 1. The fourth-order valence-electron chi connectivity index (χ4n) is 3.49. The van der Waals surface area contributed by atoms with Crippen molar-refractivity contribution < 1.29 is 4.79 Å². The Hall–Kier alpha value is -1.37. The minimum Gasteiger partial charge on any atom is -0.299 e. The van der Waals surface area contributed by atoms with Crippen molar-refractivity contribution in [2.24, 2.45) is 23.7 Å². The van der Waals surface area contributed by atoms with E-state index in [1.807, 2.05) is 0 Å². The van der Waals surface area contributed by atoms with E-state index in [1.54, 1.807) is 0 Å². The van der Waals surface area contributed by atoms with Gasteiger partial charge in [0.2, 0.25) is 0 Å². The van der Waals surface area contributed by atoms with Gasteiger partial charge in [0.15, 0.2) is 0 Å². The van der Waals surface area contributed by atoms with E-state index in [2.05, 4.69) is 63.3 Å². The van der Waals surface area contributed by atoms with Gasteiger partial charge in [-0.2, -0.15) is 0 Å². The molecule has 2 rings (SSSR count). The van der Waals surface area contributed by atoms with Crippen molar-refractivity contribution in [3.8, 4) is 0 Å². The second-order valence-corrected chi connectivity index (χ2v) is 6.63. The minimum absolute atomic E-state index is 0.262. The largest absolute Gasteiger partial charge is 0.299 e. The van der Waals surface area contributed by atoms with Crippen LogP contribution in [0.1, 0.15) is 45.6 Å². The van der Waals surface area contributed by atoms with Gasteiger partial charge in [0, 0.05) is 12.3 Å². The second-order valence-electron chi connectivity index (χ2n) is 6.63. The van der Waals surface area contributed by atoms with Crippen LogP contribution in [0.25, 0.3) is 0 Å². The van der Waals surface area contributed by atoms with Crippen molar-refractivity contribution in [1.82, 2.24) is 0 Å². The van der Waals surface area contributed by atoms with Crippen LogP contribution in [-0.4, -0.2) is 5.78 Å². The molecule has 4 atom stereocenters. The number of hydrogen-bond donors (Lipinski definition) is 0. The molecule has 1 aliphatic rings. The normalized spacial score (nSPS) is 27.4. The topological polar surface area (TPSA) is 17.1 Å². The van der Waals surface area contributed by atoms with Gasteiger partial charge < -0.3 is 0 Å². The van der Waals surface area contributed by atoms with Gasteiger partial charge in [0.05, 0.1) is 0 Å². The van der Waals surface area contributed by atoms with Crippen LogP contribution in [0.4, 0.5) is 0 Å². The molecule has 0 N–H and O–H groups in total. The molecule has 1 aliphatic carbocycles. The molecule has 0 amide bonds. The van der Waals surface area contributed by atoms with Crippen molar-refractivity contribution in [3.05, 3.63) is 48.0 Å². The molecule has 1 heteroatoms. The van der Waals surface area contributed by atoms with E-state index >= 15 is 0 Å². The summed E-state index contributed by atoms with van der Waals surface area (Å²) < 4.78 is 0. The van der Waals surface area contributed by atoms with Crippen LogP contribution in [0.3, 0.4) is 0 Å². The summed E-state index contributed by atoms with van der Waals surface area (Å²) >= 11 is 0. The van der Waals surface area contributed by atoms with Crippen LogP contribution in [0, 0.1) is 23.7 Å². The third kappa shape index (κ3) is 4.30. The first-order chi connectivity index (χ1) is 10.1. The molecule has 21 heavy (non-hydrogen) atoms. The molecular weight excluding hydrogens is 256 g/mol. The van der Waals surface area contributed by atoms with Crippen molar-refractivity contribution in [2.45, 2.75) is 46.5 Å². The lowest BCUT2D eigenvalue weighted by Gasteiger charge is -2.17. The third-order valence-electron chi connectivity index (χ3n) is 4.89. The number of carbonyl (C=O) groups is 1. The van der Waals surface area contributed by atoms with E-state index in [4.69, 9.17) is 0 Å². The summed E-state index contributed by atoms with van der Waals surface area (Å²) in [6.45, 7) is 6.64. The molecule has 1 saturated carbocycles. The maximum absolute atomic E-state index is 11.9.